The van der Waals surface area contributed by atoms with Gasteiger partial charge >= 0.3 is 18.1 Å². The monoisotopic (exact) mass is 739 g/mol. The predicted octanol–water partition coefficient (Wildman–Crippen LogP) is 6.81. The highest BCUT2D eigenvalue weighted by Crippen LogP contribution is 2.54. The minimum atomic E-state index is -5.01. The molecule has 1 heterocycles. The lowest BCUT2D eigenvalue weighted by Gasteiger charge is -2.30. The number of methoxy groups -OCH3 is 1. The molecule has 2 fully saturated rings. The van der Waals surface area contributed by atoms with Gasteiger partial charge in [-0.25, -0.2) is 13.6 Å². The van der Waals surface area contributed by atoms with Gasteiger partial charge in [0, 0.05) is 41.3 Å². The Bertz CT molecular complexity index is 2120. The third-order valence-electron chi connectivity index (χ3n) is 9.38. The third-order valence-corrected chi connectivity index (χ3v) is 9.38. The van der Waals surface area contributed by atoms with E-state index in [1.54, 1.807) is 6.08 Å². The van der Waals surface area contributed by atoms with Crippen LogP contribution in [0.15, 0.2) is 77.2 Å². The number of esters is 1. The molecule has 2 bridgehead atoms. The summed E-state index contributed by atoms with van der Waals surface area (Å²) in [5, 5.41) is 18.7. The molecule has 2 amide bonds. The van der Waals surface area contributed by atoms with E-state index in [0.717, 1.165) is 30.7 Å². The van der Waals surface area contributed by atoms with Gasteiger partial charge in [0.2, 0.25) is 12.0 Å². The summed E-state index contributed by atoms with van der Waals surface area (Å²) in [5.74, 6) is -7.85. The topological polar surface area (TPSA) is 157 Å². The molecule has 53 heavy (non-hydrogen) atoms. The van der Waals surface area contributed by atoms with Crippen LogP contribution in [0, 0.1) is 29.4 Å². The Morgan fingerprint density at radius 1 is 1.00 bits per heavy atom. The summed E-state index contributed by atoms with van der Waals surface area (Å²) < 4.78 is 84.8. The summed E-state index contributed by atoms with van der Waals surface area (Å²) in [4.78, 5) is 51.4. The van der Waals surface area contributed by atoms with Crippen molar-refractivity contribution in [3.63, 3.8) is 0 Å². The number of carbonyl (C=O) groups excluding carboxylic acids is 3. The number of alkyl halides is 3. The average molecular weight is 740 g/mol. The number of hydrogen-bond acceptors (Lipinski definition) is 8. The zero-order chi connectivity index (χ0) is 38.2. The predicted molar refractivity (Wildman–Crippen MR) is 176 cm³/mol. The molecule has 3 unspecified atom stereocenters. The van der Waals surface area contributed by atoms with E-state index in [1.165, 1.54) is 43.8 Å². The molecule has 4 aromatic rings. The lowest BCUT2D eigenvalue weighted by molar-refractivity contribution is -0.163. The average Bonchev–Trinajstić information content (AvgIpc) is 3.84. The van der Waals surface area contributed by atoms with Gasteiger partial charge in [0.25, 0.3) is 5.91 Å². The number of fused-ring (bicyclic) bond motifs is 2. The van der Waals surface area contributed by atoms with Crippen LogP contribution in [-0.2, 0) is 25.3 Å². The zero-order valence-corrected chi connectivity index (χ0v) is 27.9. The van der Waals surface area contributed by atoms with Gasteiger partial charge in [-0.3, -0.25) is 14.4 Å². The maximum Gasteiger partial charge on any atom is 0.419 e. The van der Waals surface area contributed by atoms with E-state index in [1.807, 2.05) is 0 Å². The molecular formula is C37H30F5N3O8. The minimum Gasteiger partial charge on any atom is -0.496 e. The Kier molecular flexibility index (Phi) is 10.1. The quantitative estimate of drug-likeness (QED) is 0.117. The van der Waals surface area contributed by atoms with Crippen molar-refractivity contribution >= 4 is 35.5 Å². The van der Waals surface area contributed by atoms with Crippen LogP contribution in [-0.4, -0.2) is 47.2 Å². The lowest BCUT2D eigenvalue weighted by atomic mass is 9.83. The highest BCUT2D eigenvalue weighted by atomic mass is 19.4. The molecule has 0 saturated heterocycles. The van der Waals surface area contributed by atoms with Gasteiger partial charge in [0.1, 0.15) is 23.6 Å². The maximum absolute atomic E-state index is 15.2. The largest absolute Gasteiger partial charge is 0.496 e. The maximum atomic E-state index is 15.2. The number of ether oxygens (including phenoxy) is 2. The number of benzene rings is 3. The molecule has 11 nitrogen and oxygen atoms in total. The summed E-state index contributed by atoms with van der Waals surface area (Å²) in [7, 11) is 1.30. The summed E-state index contributed by atoms with van der Waals surface area (Å²) in [6.45, 7) is 1.03. The molecule has 0 aliphatic heterocycles. The number of nitrogens with zero attached hydrogens (tertiary/aromatic N) is 1. The van der Waals surface area contributed by atoms with Crippen molar-refractivity contribution < 1.29 is 60.2 Å². The highest BCUT2D eigenvalue weighted by molar-refractivity contribution is 6.00. The summed E-state index contributed by atoms with van der Waals surface area (Å²) in [5.41, 5.74) is -0.580. The Balaban J connectivity index is 1.34. The minimum absolute atomic E-state index is 0.0441. The van der Waals surface area contributed by atoms with Crippen LogP contribution in [0.3, 0.4) is 0 Å². The van der Waals surface area contributed by atoms with Crippen LogP contribution in [0.25, 0.3) is 17.2 Å². The first-order chi connectivity index (χ1) is 25.2. The van der Waals surface area contributed by atoms with Crippen LogP contribution in [0.5, 0.6) is 5.75 Å². The molecule has 0 radical (unpaired) electrons. The van der Waals surface area contributed by atoms with Crippen LogP contribution in [0.2, 0.25) is 0 Å². The summed E-state index contributed by atoms with van der Waals surface area (Å²) in [6.07, 6.45) is -1.05. The van der Waals surface area contributed by atoms with Gasteiger partial charge in [0.05, 0.1) is 30.4 Å². The molecule has 16 heteroatoms. The number of rotatable bonds is 10. The van der Waals surface area contributed by atoms with E-state index in [0.29, 0.717) is 30.5 Å². The number of nitrogens with one attached hydrogen (secondary N) is 2. The fraction of sp³-hybridized carbons (Fsp3) is 0.270. The number of aromatic nitrogens is 1. The second-order valence-electron chi connectivity index (χ2n) is 12.6. The van der Waals surface area contributed by atoms with Gasteiger partial charge in [-0.2, -0.15) is 13.2 Å². The smallest absolute Gasteiger partial charge is 0.419 e. The molecule has 1 aromatic heterocycles. The van der Waals surface area contributed by atoms with Crippen molar-refractivity contribution in [1.29, 1.82) is 0 Å². The second kappa shape index (κ2) is 14.5. The standard InChI is InChI=1S/C37H30F5N3O8/c1-17(46)53-33(36(49)50)20-3-8-28(38)24(13-20)19-4-10-30(51-2)26(12-19)34(47)45-32-23-7-6-22(25(23)11-18-15-43-52-16-18)31(32)35(48)44-21-5-9-29(39)27(14-21)37(40,41)42/h3-5,8-16,22-23,31-33H,6-7H2,1-2H3,(H,44,48)(H,45,47)(H,49,50)/b25-11-/t22?,23?,31-,32+,33?/m0/s1. The first-order valence-corrected chi connectivity index (χ1v) is 16.1. The van der Waals surface area contributed by atoms with E-state index in [-0.39, 0.29) is 33.7 Å². The molecule has 0 spiro atoms. The molecule has 6 rings (SSSR count). The number of carbonyl (C=O) groups is 4. The molecule has 2 aliphatic rings. The number of aliphatic carboxylic acids is 1. The van der Waals surface area contributed by atoms with E-state index in [4.69, 9.17) is 14.0 Å². The van der Waals surface area contributed by atoms with Crippen LogP contribution in [0.1, 0.15) is 52.9 Å². The zero-order valence-electron chi connectivity index (χ0n) is 27.9. The summed E-state index contributed by atoms with van der Waals surface area (Å²) >= 11 is 0. The number of carboxylic acids is 1. The van der Waals surface area contributed by atoms with Gasteiger partial charge in [-0.05, 0) is 66.8 Å². The number of halogens is 5. The van der Waals surface area contributed by atoms with Crippen molar-refractivity contribution in [3.05, 3.63) is 107 Å². The molecule has 276 valence electrons. The Morgan fingerprint density at radius 3 is 2.40 bits per heavy atom. The van der Waals surface area contributed by atoms with Crippen molar-refractivity contribution in [3.8, 4) is 16.9 Å². The first-order valence-electron chi connectivity index (χ1n) is 16.1. The second-order valence-corrected chi connectivity index (χ2v) is 12.6. The van der Waals surface area contributed by atoms with Crippen LogP contribution < -0.4 is 15.4 Å². The SMILES string of the molecule is COc1ccc(-c2cc(C(OC(C)=O)C(=O)O)ccc2F)cc1C(=O)N[C@@H]1C2CCC(/C2=C/c2cnoc2)[C@@H]1C(=O)Nc1ccc(F)c(C(F)(F)F)c1. The normalized spacial score (nSPS) is 20.5. The Labute approximate surface area is 297 Å². The van der Waals surface area contributed by atoms with Crippen molar-refractivity contribution in [2.24, 2.45) is 17.8 Å². The fourth-order valence-electron chi connectivity index (χ4n) is 7.15. The van der Waals surface area contributed by atoms with E-state index >= 15 is 4.39 Å². The molecule has 3 aromatic carbocycles. The third kappa shape index (κ3) is 7.47. The van der Waals surface area contributed by atoms with Gasteiger partial charge in [-0.15, -0.1) is 0 Å². The van der Waals surface area contributed by atoms with Crippen LogP contribution in [0.4, 0.5) is 27.6 Å². The van der Waals surface area contributed by atoms with Gasteiger partial charge in [0.15, 0.2) is 0 Å². The number of anilines is 1. The van der Waals surface area contributed by atoms with Crippen LogP contribution >= 0.6 is 0 Å². The van der Waals surface area contributed by atoms with E-state index in [2.05, 4.69) is 15.8 Å². The fourth-order valence-corrected chi connectivity index (χ4v) is 7.15. The van der Waals surface area contributed by atoms with Gasteiger partial charge < -0.3 is 29.7 Å². The van der Waals surface area contributed by atoms with Crippen molar-refractivity contribution in [2.75, 3.05) is 12.4 Å². The molecular weight excluding hydrogens is 709 g/mol. The highest BCUT2D eigenvalue weighted by Gasteiger charge is 2.54. The molecule has 2 aliphatic carbocycles. The first kappa shape index (κ1) is 36.7. The Hall–Kier alpha value is -6.06. The van der Waals surface area contributed by atoms with Gasteiger partial charge in [-0.1, -0.05) is 28.9 Å². The lowest BCUT2D eigenvalue weighted by Crippen LogP contribution is -2.48. The number of carboxylic acid groups (broad SMARTS) is 1. The van der Waals surface area contributed by atoms with E-state index < -0.39 is 77.0 Å². The Morgan fingerprint density at radius 2 is 1.74 bits per heavy atom. The molecule has 3 N–H and O–H groups in total. The van der Waals surface area contributed by atoms with Crippen molar-refractivity contribution in [1.82, 2.24) is 10.5 Å². The molecule has 5 atom stereocenters. The summed E-state index contributed by atoms with van der Waals surface area (Å²) in [6, 6.07) is 8.69. The van der Waals surface area contributed by atoms with Crippen molar-refractivity contribution in [2.45, 2.75) is 38.1 Å². The number of hydrogen-bond donors (Lipinski definition) is 3. The van der Waals surface area contributed by atoms with E-state index in [9.17, 15) is 41.8 Å². The number of amides is 2. The molecule has 2 saturated carbocycles.